The van der Waals surface area contributed by atoms with Crippen molar-refractivity contribution in [2.45, 2.75) is 6.92 Å². The molecule has 0 bridgehead atoms. The van der Waals surface area contributed by atoms with Gasteiger partial charge in [-0.2, -0.15) is 0 Å². The minimum Gasteiger partial charge on any atom is 1.00 e. The van der Waals surface area contributed by atoms with Gasteiger partial charge in [0.1, 0.15) is 0 Å². The van der Waals surface area contributed by atoms with Gasteiger partial charge in [-0.25, -0.2) is 0 Å². The van der Waals surface area contributed by atoms with Gasteiger partial charge in [0.25, 0.3) is 0 Å². The molecule has 2 nitrogen and oxygen atoms in total. The predicted octanol–water partition coefficient (Wildman–Crippen LogP) is -3.24. The first-order valence-corrected chi connectivity index (χ1v) is 7.52. The van der Waals surface area contributed by atoms with Crippen LogP contribution in [0.15, 0.2) is 0 Å². The molecule has 0 N–H and O–H groups in total. The summed E-state index contributed by atoms with van der Waals surface area (Å²) in [6.07, 6.45) is 9.90. The molecular weight excluding hydrogens is 190 g/mol. The Morgan fingerprint density at radius 2 is 1.62 bits per heavy atom. The van der Waals surface area contributed by atoms with Crippen LogP contribution in [0, 0.1) is 0 Å². The van der Waals surface area contributed by atoms with Gasteiger partial charge in [-0.15, -0.1) is 0 Å². The van der Waals surface area contributed by atoms with E-state index < -0.39 is 36.8 Å². The van der Waals surface area contributed by atoms with Crippen molar-refractivity contribution in [2.75, 3.05) is 0 Å². The van der Waals surface area contributed by atoms with Gasteiger partial charge in [0.15, 0.2) is 0 Å². The van der Waals surface area contributed by atoms with E-state index >= 15 is 0 Å². The normalized spacial score (nSPS) is 4.38. The molecule has 0 rings (SSSR count). The van der Waals surface area contributed by atoms with E-state index in [0.717, 1.165) is 6.92 Å². The van der Waals surface area contributed by atoms with Gasteiger partial charge in [-0.05, 0) is 6.92 Å². The first-order chi connectivity index (χ1) is 3.15. The molecule has 0 aliphatic carbocycles. The average Bonchev–Trinajstić information content (AvgIpc) is 1.33. The molecule has 0 heterocycles. The summed E-state index contributed by atoms with van der Waals surface area (Å²) in [4.78, 5) is 8.89. The maximum Gasteiger partial charge on any atom is 1.00 e. The molecule has 0 aromatic carbocycles. The molecule has 0 saturated carbocycles. The minimum atomic E-state index is -1.08. The van der Waals surface area contributed by atoms with Crippen molar-refractivity contribution >= 4 is 49.6 Å². The van der Waals surface area contributed by atoms with Gasteiger partial charge in [0, 0.05) is 5.97 Å². The Bertz CT molecular complexity index is 49.3. The van der Waals surface area contributed by atoms with Gasteiger partial charge in [-0.3, -0.25) is 0 Å². The molecule has 6 heteroatoms. The van der Waals surface area contributed by atoms with E-state index in [0.29, 0.717) is 0 Å². The van der Waals surface area contributed by atoms with Gasteiger partial charge in [0.2, 0.25) is 0 Å². The number of carbonyl (C=O) groups is 1. The van der Waals surface area contributed by atoms with Crippen LogP contribution < -0.4 is 34.7 Å². The summed E-state index contributed by atoms with van der Waals surface area (Å²) in [6, 6.07) is 0. The zero-order chi connectivity index (χ0) is 6.28. The summed E-state index contributed by atoms with van der Waals surface area (Å²) in [5.74, 6) is -1.08. The maximum atomic E-state index is 8.89. The van der Waals surface area contributed by atoms with Crippen molar-refractivity contribution < 1.29 is 39.5 Å². The second-order valence-corrected chi connectivity index (χ2v) is 4.24. The van der Waals surface area contributed by atoms with E-state index in [9.17, 15) is 0 Å². The van der Waals surface area contributed by atoms with Crippen molar-refractivity contribution in [3.05, 3.63) is 0 Å². The number of halogens is 2. The van der Waals surface area contributed by atoms with Gasteiger partial charge >= 0.3 is 73.2 Å². The average molecular weight is 193 g/mol. The molecule has 0 spiro atoms. The number of carboxylic acids is 1. The molecule has 0 amide bonds. The van der Waals surface area contributed by atoms with E-state index in [4.69, 9.17) is 22.7 Å². The number of carbonyl (C=O) groups excluding carboxylic acids is 1. The third kappa shape index (κ3) is 83.2. The van der Waals surface area contributed by atoms with Crippen LogP contribution in [0.3, 0.4) is 0 Å². The molecule has 0 aliphatic heterocycles. The SMILES string of the molecule is CC(=O)[O-].[Cl][Ca][Cl].[Na+]. The molecule has 0 aliphatic rings. The molecule has 0 atom stereocenters. The molecule has 0 aromatic rings. The van der Waals surface area contributed by atoms with Crippen molar-refractivity contribution in [3.8, 4) is 0 Å². The molecule has 40 valence electrons. The van der Waals surface area contributed by atoms with Crippen LogP contribution in [-0.2, 0) is 4.79 Å². The van der Waals surface area contributed by atoms with Crippen molar-refractivity contribution in [3.63, 3.8) is 0 Å². The third-order valence-corrected chi connectivity index (χ3v) is 0. The van der Waals surface area contributed by atoms with E-state index in [1.807, 2.05) is 0 Å². The van der Waals surface area contributed by atoms with Crippen LogP contribution in [0.25, 0.3) is 0 Å². The summed E-state index contributed by atoms with van der Waals surface area (Å²) in [5, 5.41) is 8.89. The zero-order valence-corrected chi connectivity index (χ0v) is 10.5. The zero-order valence-electron chi connectivity index (χ0n) is 4.78. The van der Waals surface area contributed by atoms with Crippen molar-refractivity contribution in [2.24, 2.45) is 0 Å². The number of hydrogen-bond acceptors (Lipinski definition) is 2. The second kappa shape index (κ2) is 16.1. The predicted molar refractivity (Wildman–Crippen MR) is 28.1 cm³/mol. The summed E-state index contributed by atoms with van der Waals surface area (Å²) >= 11 is -0.931. The number of rotatable bonds is 0. The first-order valence-electron chi connectivity index (χ1n) is 1.44. The molecule has 0 aromatic heterocycles. The Morgan fingerprint density at radius 3 is 1.62 bits per heavy atom. The summed E-state index contributed by atoms with van der Waals surface area (Å²) in [7, 11) is 0. The van der Waals surface area contributed by atoms with Crippen LogP contribution in [-0.4, -0.2) is 36.8 Å². The monoisotopic (exact) mass is 192 g/mol. The minimum absolute atomic E-state index is 0. The largest absolute Gasteiger partial charge is 1.00 e. The Balaban J connectivity index is -0.0000000575. The molecule has 0 fully saturated rings. The van der Waals surface area contributed by atoms with E-state index in [1.54, 1.807) is 0 Å². The van der Waals surface area contributed by atoms with E-state index in [2.05, 4.69) is 0 Å². The van der Waals surface area contributed by atoms with Crippen LogP contribution >= 0.6 is 12.8 Å². The number of carboxylic acid groups (broad SMARTS) is 1. The van der Waals surface area contributed by atoms with Gasteiger partial charge in [0.05, 0.1) is 0 Å². The molecule has 8 heavy (non-hydrogen) atoms. The Morgan fingerprint density at radius 1 is 1.62 bits per heavy atom. The Labute approximate surface area is 94.0 Å². The topological polar surface area (TPSA) is 40.1 Å². The number of hydrogen-bond donors (Lipinski definition) is 0. The van der Waals surface area contributed by atoms with Crippen LogP contribution in [0.5, 0.6) is 0 Å². The molecule has 0 radical (unpaired) electrons. The van der Waals surface area contributed by atoms with E-state index in [1.165, 1.54) is 0 Å². The summed E-state index contributed by atoms with van der Waals surface area (Å²) in [6.45, 7) is 0.972. The standard InChI is InChI=1S/C2H4O2.Ca.2ClH.Na/c1-2(3)4;;;;/h1H3,(H,3,4);;2*1H;/q;+2;;;+1/p-3. The fourth-order valence-electron chi connectivity index (χ4n) is 0. The molecule has 0 unspecified atom stereocenters. The van der Waals surface area contributed by atoms with Crippen molar-refractivity contribution in [1.82, 2.24) is 0 Å². The van der Waals surface area contributed by atoms with E-state index in [-0.39, 0.29) is 29.6 Å². The Kier molecular flexibility index (Phi) is 33.8. The van der Waals surface area contributed by atoms with Gasteiger partial charge < -0.3 is 9.90 Å². The summed E-state index contributed by atoms with van der Waals surface area (Å²) < 4.78 is 0. The molecule has 0 saturated heterocycles. The number of aliphatic carboxylic acids is 1. The maximum absolute atomic E-state index is 8.89. The van der Waals surface area contributed by atoms with Crippen LogP contribution in [0.2, 0.25) is 0 Å². The smallest absolute Gasteiger partial charge is 1.00 e. The van der Waals surface area contributed by atoms with Crippen molar-refractivity contribution in [1.29, 1.82) is 0 Å². The molecular formula is C2H3CaCl2NaO2. The second-order valence-electron chi connectivity index (χ2n) is 0.593. The first kappa shape index (κ1) is 16.7. The van der Waals surface area contributed by atoms with Crippen LogP contribution in [0.4, 0.5) is 0 Å². The quantitative estimate of drug-likeness (QED) is 0.379. The van der Waals surface area contributed by atoms with Gasteiger partial charge in [-0.1, -0.05) is 0 Å². The third-order valence-electron chi connectivity index (χ3n) is 0. The fourth-order valence-corrected chi connectivity index (χ4v) is 0. The Hall–Kier alpha value is 2.31. The fraction of sp³-hybridized carbons (Fsp3) is 0.500. The summed E-state index contributed by atoms with van der Waals surface area (Å²) in [5.41, 5.74) is 0. The van der Waals surface area contributed by atoms with Crippen LogP contribution in [0.1, 0.15) is 6.92 Å².